The average Bonchev–Trinajstić information content (AvgIpc) is 2.48. The summed E-state index contributed by atoms with van der Waals surface area (Å²) in [7, 11) is 0. The van der Waals surface area contributed by atoms with E-state index in [0.717, 1.165) is 5.56 Å². The van der Waals surface area contributed by atoms with Crippen molar-refractivity contribution in [1.82, 2.24) is 0 Å². The minimum atomic E-state index is -0.636. The average molecular weight is 299 g/mol. The molecular formula is C16H17N3O3. The van der Waals surface area contributed by atoms with Gasteiger partial charge in [0.1, 0.15) is 5.75 Å². The summed E-state index contributed by atoms with van der Waals surface area (Å²) in [5, 5.41) is 5.13. The van der Waals surface area contributed by atoms with Gasteiger partial charge in [-0.3, -0.25) is 4.79 Å². The number of nitrogens with one attached hydrogen (secondary N) is 2. The van der Waals surface area contributed by atoms with Gasteiger partial charge in [0.25, 0.3) is 5.91 Å². The van der Waals surface area contributed by atoms with Gasteiger partial charge in [0.15, 0.2) is 6.61 Å². The molecule has 0 saturated carbocycles. The molecule has 4 N–H and O–H groups in total. The number of amides is 3. The van der Waals surface area contributed by atoms with Crippen LogP contribution >= 0.6 is 0 Å². The van der Waals surface area contributed by atoms with Crippen LogP contribution in [0.4, 0.5) is 16.2 Å². The quantitative estimate of drug-likeness (QED) is 0.791. The zero-order valence-corrected chi connectivity index (χ0v) is 12.1. The Labute approximate surface area is 128 Å². The first kappa shape index (κ1) is 15.4. The Morgan fingerprint density at radius 3 is 2.05 bits per heavy atom. The van der Waals surface area contributed by atoms with E-state index in [1.165, 1.54) is 0 Å². The molecule has 0 saturated heterocycles. The zero-order valence-electron chi connectivity index (χ0n) is 12.1. The number of carbonyl (C=O) groups excluding carboxylic acids is 2. The molecule has 22 heavy (non-hydrogen) atoms. The third kappa shape index (κ3) is 4.82. The third-order valence-corrected chi connectivity index (χ3v) is 2.83. The second-order valence-electron chi connectivity index (χ2n) is 4.72. The maximum atomic E-state index is 11.8. The molecule has 0 aliphatic heterocycles. The van der Waals surface area contributed by atoms with Gasteiger partial charge in [-0.2, -0.15) is 0 Å². The molecule has 0 radical (unpaired) electrons. The predicted molar refractivity (Wildman–Crippen MR) is 85.0 cm³/mol. The van der Waals surface area contributed by atoms with Crippen molar-refractivity contribution >= 4 is 23.3 Å². The number of anilines is 2. The van der Waals surface area contributed by atoms with Gasteiger partial charge in [0, 0.05) is 11.4 Å². The van der Waals surface area contributed by atoms with Crippen LogP contribution < -0.4 is 21.1 Å². The van der Waals surface area contributed by atoms with Crippen LogP contribution in [0.2, 0.25) is 0 Å². The van der Waals surface area contributed by atoms with Crippen molar-refractivity contribution in [3.05, 3.63) is 54.1 Å². The van der Waals surface area contributed by atoms with Crippen LogP contribution in [0.5, 0.6) is 5.75 Å². The van der Waals surface area contributed by atoms with Crippen molar-refractivity contribution in [2.75, 3.05) is 17.2 Å². The summed E-state index contributed by atoms with van der Waals surface area (Å²) in [5.74, 6) is 0.373. The van der Waals surface area contributed by atoms with E-state index in [9.17, 15) is 9.59 Å². The fourth-order valence-corrected chi connectivity index (χ4v) is 1.76. The van der Waals surface area contributed by atoms with Crippen LogP contribution in [-0.2, 0) is 4.79 Å². The first-order valence-corrected chi connectivity index (χ1v) is 6.69. The molecule has 0 unspecified atom stereocenters. The van der Waals surface area contributed by atoms with Crippen LogP contribution in [0.15, 0.2) is 48.5 Å². The number of benzene rings is 2. The molecular weight excluding hydrogens is 282 g/mol. The Balaban J connectivity index is 1.83. The number of hydrogen-bond donors (Lipinski definition) is 3. The van der Waals surface area contributed by atoms with E-state index in [1.54, 1.807) is 24.3 Å². The van der Waals surface area contributed by atoms with Gasteiger partial charge >= 0.3 is 6.03 Å². The second kappa shape index (κ2) is 7.12. The number of carbonyl (C=O) groups is 2. The topological polar surface area (TPSA) is 93.4 Å². The lowest BCUT2D eigenvalue weighted by Gasteiger charge is -2.08. The number of nitrogens with two attached hydrogens (primary N) is 1. The van der Waals surface area contributed by atoms with Crippen molar-refractivity contribution in [3.8, 4) is 5.75 Å². The van der Waals surface area contributed by atoms with Crippen molar-refractivity contribution in [2.45, 2.75) is 6.92 Å². The highest BCUT2D eigenvalue weighted by Gasteiger charge is 2.04. The van der Waals surface area contributed by atoms with Crippen LogP contribution in [0, 0.1) is 6.92 Å². The summed E-state index contributed by atoms with van der Waals surface area (Å²) in [5.41, 5.74) is 7.30. The molecule has 0 atom stereocenters. The van der Waals surface area contributed by atoms with Gasteiger partial charge in [-0.15, -0.1) is 0 Å². The number of primary amides is 1. The molecule has 0 bridgehead atoms. The molecule has 6 nitrogen and oxygen atoms in total. The van der Waals surface area contributed by atoms with Gasteiger partial charge in [0.2, 0.25) is 0 Å². The molecule has 0 fully saturated rings. The van der Waals surface area contributed by atoms with Crippen molar-refractivity contribution in [2.24, 2.45) is 5.73 Å². The lowest BCUT2D eigenvalue weighted by atomic mass is 10.2. The maximum absolute atomic E-state index is 11.8. The second-order valence-corrected chi connectivity index (χ2v) is 4.72. The molecule has 0 heterocycles. The van der Waals surface area contributed by atoms with Crippen LogP contribution in [0.3, 0.4) is 0 Å². The smallest absolute Gasteiger partial charge is 0.316 e. The summed E-state index contributed by atoms with van der Waals surface area (Å²) in [4.78, 5) is 22.5. The molecule has 0 aliphatic rings. The van der Waals surface area contributed by atoms with E-state index in [4.69, 9.17) is 10.5 Å². The number of rotatable bonds is 5. The van der Waals surface area contributed by atoms with Gasteiger partial charge < -0.3 is 21.1 Å². The first-order valence-electron chi connectivity index (χ1n) is 6.69. The summed E-state index contributed by atoms with van der Waals surface area (Å²) >= 11 is 0. The number of aryl methyl sites for hydroxylation is 1. The summed E-state index contributed by atoms with van der Waals surface area (Å²) in [6, 6.07) is 13.4. The molecule has 0 spiro atoms. The fraction of sp³-hybridized carbons (Fsp3) is 0.125. The highest BCUT2D eigenvalue weighted by Crippen LogP contribution is 2.14. The number of hydrogen-bond acceptors (Lipinski definition) is 3. The molecule has 6 heteroatoms. The normalized spacial score (nSPS) is 9.86. The number of ether oxygens (including phenoxy) is 1. The lowest BCUT2D eigenvalue weighted by Crippen LogP contribution is -2.20. The van der Waals surface area contributed by atoms with E-state index in [-0.39, 0.29) is 12.5 Å². The molecule has 2 aromatic rings. The number of urea groups is 1. The van der Waals surface area contributed by atoms with E-state index in [2.05, 4.69) is 10.6 Å². The van der Waals surface area contributed by atoms with Gasteiger partial charge in [-0.1, -0.05) is 17.7 Å². The maximum Gasteiger partial charge on any atom is 0.316 e. The lowest BCUT2D eigenvalue weighted by molar-refractivity contribution is -0.118. The Hall–Kier alpha value is -3.02. The molecule has 0 aliphatic carbocycles. The Kier molecular flexibility index (Phi) is 4.98. The van der Waals surface area contributed by atoms with E-state index in [1.807, 2.05) is 31.2 Å². The summed E-state index contributed by atoms with van der Waals surface area (Å²) < 4.78 is 5.39. The van der Waals surface area contributed by atoms with E-state index in [0.29, 0.717) is 17.1 Å². The van der Waals surface area contributed by atoms with Crippen LogP contribution in [0.1, 0.15) is 5.56 Å². The van der Waals surface area contributed by atoms with Gasteiger partial charge in [-0.25, -0.2) is 4.79 Å². The molecule has 114 valence electrons. The Bertz CT molecular complexity index is 651. The van der Waals surface area contributed by atoms with E-state index >= 15 is 0 Å². The van der Waals surface area contributed by atoms with Crippen molar-refractivity contribution < 1.29 is 14.3 Å². The monoisotopic (exact) mass is 299 g/mol. The Morgan fingerprint density at radius 1 is 0.955 bits per heavy atom. The van der Waals surface area contributed by atoms with Crippen LogP contribution in [0.25, 0.3) is 0 Å². The highest BCUT2D eigenvalue weighted by molar-refractivity contribution is 5.92. The van der Waals surface area contributed by atoms with Crippen molar-refractivity contribution in [1.29, 1.82) is 0 Å². The third-order valence-electron chi connectivity index (χ3n) is 2.83. The largest absolute Gasteiger partial charge is 0.484 e. The zero-order chi connectivity index (χ0) is 15.9. The predicted octanol–water partition coefficient (Wildman–Crippen LogP) is 2.50. The van der Waals surface area contributed by atoms with Gasteiger partial charge in [-0.05, 0) is 43.3 Å². The van der Waals surface area contributed by atoms with Crippen molar-refractivity contribution in [3.63, 3.8) is 0 Å². The minimum absolute atomic E-state index is 0.0790. The molecule has 2 rings (SSSR count). The molecule has 3 amide bonds. The Morgan fingerprint density at radius 2 is 1.50 bits per heavy atom. The molecule has 2 aromatic carbocycles. The van der Waals surface area contributed by atoms with Crippen LogP contribution in [-0.4, -0.2) is 18.5 Å². The SMILES string of the molecule is Cc1ccc(OCC(=O)Nc2ccc(NC(N)=O)cc2)cc1. The van der Waals surface area contributed by atoms with Gasteiger partial charge in [0.05, 0.1) is 0 Å². The minimum Gasteiger partial charge on any atom is -0.484 e. The first-order chi connectivity index (χ1) is 10.5. The van der Waals surface area contributed by atoms with E-state index < -0.39 is 6.03 Å². The highest BCUT2D eigenvalue weighted by atomic mass is 16.5. The summed E-state index contributed by atoms with van der Waals surface area (Å²) in [6.45, 7) is 1.90. The summed E-state index contributed by atoms with van der Waals surface area (Å²) in [6.07, 6.45) is 0. The molecule has 0 aromatic heterocycles. The standard InChI is InChI=1S/C16H17N3O3/c1-11-2-8-14(9-3-11)22-10-15(20)18-12-4-6-13(7-5-12)19-16(17)21/h2-9H,10H2,1H3,(H,18,20)(H3,17,19,21). The fourth-order valence-electron chi connectivity index (χ4n) is 1.76.